The van der Waals surface area contributed by atoms with Crippen molar-refractivity contribution < 1.29 is 4.79 Å². The number of fused-ring (bicyclic) bond motifs is 1. The summed E-state index contributed by atoms with van der Waals surface area (Å²) in [5.74, 6) is -0.0179. The van der Waals surface area contributed by atoms with Crippen LogP contribution in [0.2, 0.25) is 0 Å². The maximum absolute atomic E-state index is 12.6. The number of nitrogens with two attached hydrogens (primary N) is 1. The molecule has 0 fully saturated rings. The van der Waals surface area contributed by atoms with E-state index in [1.54, 1.807) is 18.1 Å². The van der Waals surface area contributed by atoms with Crippen LogP contribution in [-0.4, -0.2) is 22.8 Å². The van der Waals surface area contributed by atoms with Crippen LogP contribution < -0.4 is 5.73 Å². The van der Waals surface area contributed by atoms with Crippen molar-refractivity contribution in [1.29, 1.82) is 0 Å². The predicted octanol–water partition coefficient (Wildman–Crippen LogP) is 3.02. The average molecular weight is 279 g/mol. The Bertz CT molecular complexity index is 777. The van der Waals surface area contributed by atoms with E-state index in [4.69, 9.17) is 5.73 Å². The third-order valence-corrected chi connectivity index (χ3v) is 3.55. The van der Waals surface area contributed by atoms with E-state index in [0.29, 0.717) is 17.8 Å². The number of hydrogen-bond donors (Lipinski definition) is 2. The molecule has 0 atom stereocenters. The number of rotatable bonds is 3. The Morgan fingerprint density at radius 1 is 1.19 bits per heavy atom. The highest BCUT2D eigenvalue weighted by molar-refractivity contribution is 6.07. The van der Waals surface area contributed by atoms with E-state index in [9.17, 15) is 4.79 Å². The third-order valence-electron chi connectivity index (χ3n) is 3.55. The first kappa shape index (κ1) is 13.2. The van der Waals surface area contributed by atoms with Gasteiger partial charge in [0.25, 0.3) is 5.91 Å². The maximum Gasteiger partial charge on any atom is 0.256 e. The molecule has 0 radical (unpaired) electrons. The lowest BCUT2D eigenvalue weighted by Gasteiger charge is -2.17. The van der Waals surface area contributed by atoms with Gasteiger partial charge in [-0.25, -0.2) is 0 Å². The van der Waals surface area contributed by atoms with Crippen LogP contribution in [0.1, 0.15) is 15.9 Å². The highest BCUT2D eigenvalue weighted by Crippen LogP contribution is 2.22. The molecule has 106 valence electrons. The van der Waals surface area contributed by atoms with Gasteiger partial charge in [0.1, 0.15) is 0 Å². The van der Waals surface area contributed by atoms with Crippen molar-refractivity contribution >= 4 is 22.5 Å². The standard InChI is InChI=1S/C17H17N3O/c1-20(11-12-5-3-2-4-6-12)17(21)15-10-19-16-8-7-13(18)9-14(15)16/h2-10,19H,11,18H2,1H3. The van der Waals surface area contributed by atoms with Crippen LogP contribution in [0.15, 0.2) is 54.7 Å². The number of anilines is 1. The van der Waals surface area contributed by atoms with Gasteiger partial charge in [-0.2, -0.15) is 0 Å². The number of nitrogens with zero attached hydrogens (tertiary/aromatic N) is 1. The summed E-state index contributed by atoms with van der Waals surface area (Å²) < 4.78 is 0. The lowest BCUT2D eigenvalue weighted by molar-refractivity contribution is 0.0787. The first-order valence-electron chi connectivity index (χ1n) is 6.81. The van der Waals surface area contributed by atoms with Gasteiger partial charge in [-0.05, 0) is 23.8 Å². The fourth-order valence-electron chi connectivity index (χ4n) is 2.45. The molecular formula is C17H17N3O. The van der Waals surface area contributed by atoms with Crippen LogP contribution in [0.5, 0.6) is 0 Å². The van der Waals surface area contributed by atoms with E-state index in [-0.39, 0.29) is 5.91 Å². The molecule has 3 rings (SSSR count). The maximum atomic E-state index is 12.6. The molecule has 2 aromatic carbocycles. The molecular weight excluding hydrogens is 262 g/mol. The lowest BCUT2D eigenvalue weighted by atomic mass is 10.1. The number of amides is 1. The molecule has 0 bridgehead atoms. The van der Waals surface area contributed by atoms with Crippen molar-refractivity contribution in [3.63, 3.8) is 0 Å². The van der Waals surface area contributed by atoms with E-state index in [0.717, 1.165) is 16.5 Å². The molecule has 21 heavy (non-hydrogen) atoms. The van der Waals surface area contributed by atoms with Crippen molar-refractivity contribution in [1.82, 2.24) is 9.88 Å². The minimum absolute atomic E-state index is 0.0179. The second-order valence-electron chi connectivity index (χ2n) is 5.15. The SMILES string of the molecule is CN(Cc1ccccc1)C(=O)c1c[nH]c2ccc(N)cc12. The van der Waals surface area contributed by atoms with Gasteiger partial charge in [0.2, 0.25) is 0 Å². The number of hydrogen-bond acceptors (Lipinski definition) is 2. The zero-order valence-electron chi connectivity index (χ0n) is 11.8. The van der Waals surface area contributed by atoms with Gasteiger partial charge in [-0.1, -0.05) is 30.3 Å². The summed E-state index contributed by atoms with van der Waals surface area (Å²) in [6.45, 7) is 0.578. The Balaban J connectivity index is 1.88. The Kier molecular flexibility index (Phi) is 3.36. The van der Waals surface area contributed by atoms with Gasteiger partial charge in [-0.15, -0.1) is 0 Å². The van der Waals surface area contributed by atoms with E-state index >= 15 is 0 Å². The Morgan fingerprint density at radius 3 is 2.71 bits per heavy atom. The van der Waals surface area contributed by atoms with Crippen LogP contribution in [-0.2, 0) is 6.54 Å². The normalized spacial score (nSPS) is 10.7. The Labute approximate surface area is 123 Å². The Hall–Kier alpha value is -2.75. The summed E-state index contributed by atoms with van der Waals surface area (Å²) in [4.78, 5) is 17.4. The number of H-pyrrole nitrogens is 1. The molecule has 0 saturated carbocycles. The average Bonchev–Trinajstić information content (AvgIpc) is 2.90. The fourth-order valence-corrected chi connectivity index (χ4v) is 2.45. The van der Waals surface area contributed by atoms with Crippen LogP contribution in [0.4, 0.5) is 5.69 Å². The molecule has 4 nitrogen and oxygen atoms in total. The molecule has 0 spiro atoms. The van der Waals surface area contributed by atoms with Gasteiger partial charge in [0, 0.05) is 36.4 Å². The monoisotopic (exact) mass is 279 g/mol. The molecule has 0 aliphatic carbocycles. The molecule has 0 aliphatic rings. The van der Waals surface area contributed by atoms with E-state index in [1.807, 2.05) is 48.5 Å². The summed E-state index contributed by atoms with van der Waals surface area (Å²) >= 11 is 0. The number of aromatic nitrogens is 1. The molecule has 1 heterocycles. The molecule has 4 heteroatoms. The zero-order valence-corrected chi connectivity index (χ0v) is 11.8. The highest BCUT2D eigenvalue weighted by atomic mass is 16.2. The van der Waals surface area contributed by atoms with Crippen molar-refractivity contribution in [2.45, 2.75) is 6.54 Å². The van der Waals surface area contributed by atoms with E-state index in [2.05, 4.69) is 4.98 Å². The second-order valence-corrected chi connectivity index (χ2v) is 5.15. The number of benzene rings is 2. The van der Waals surface area contributed by atoms with Gasteiger partial charge >= 0.3 is 0 Å². The highest BCUT2D eigenvalue weighted by Gasteiger charge is 2.16. The summed E-state index contributed by atoms with van der Waals surface area (Å²) in [5.41, 5.74) is 9.14. The number of aromatic amines is 1. The third kappa shape index (κ3) is 2.60. The first-order valence-corrected chi connectivity index (χ1v) is 6.81. The van der Waals surface area contributed by atoms with Crippen molar-refractivity contribution in [2.75, 3.05) is 12.8 Å². The minimum atomic E-state index is -0.0179. The van der Waals surface area contributed by atoms with Gasteiger partial charge in [0.15, 0.2) is 0 Å². The molecule has 3 aromatic rings. The quantitative estimate of drug-likeness (QED) is 0.724. The summed E-state index contributed by atoms with van der Waals surface area (Å²) in [6.07, 6.45) is 1.74. The molecule has 0 saturated heterocycles. The number of carbonyl (C=O) groups is 1. The molecule has 0 aliphatic heterocycles. The molecule has 1 aromatic heterocycles. The molecule has 1 amide bonds. The van der Waals surface area contributed by atoms with Crippen LogP contribution in [0, 0.1) is 0 Å². The number of nitrogen functional groups attached to an aromatic ring is 1. The lowest BCUT2D eigenvalue weighted by Crippen LogP contribution is -2.25. The van der Waals surface area contributed by atoms with Gasteiger partial charge in [0.05, 0.1) is 5.56 Å². The smallest absolute Gasteiger partial charge is 0.256 e. The number of nitrogens with one attached hydrogen (secondary N) is 1. The summed E-state index contributed by atoms with van der Waals surface area (Å²) in [6, 6.07) is 15.5. The predicted molar refractivity (Wildman–Crippen MR) is 85.0 cm³/mol. The van der Waals surface area contributed by atoms with Crippen molar-refractivity contribution in [3.05, 3.63) is 65.9 Å². The largest absolute Gasteiger partial charge is 0.399 e. The molecule has 0 unspecified atom stereocenters. The second kappa shape index (κ2) is 5.32. The van der Waals surface area contributed by atoms with Crippen molar-refractivity contribution in [2.24, 2.45) is 0 Å². The van der Waals surface area contributed by atoms with Crippen LogP contribution in [0.25, 0.3) is 10.9 Å². The topological polar surface area (TPSA) is 62.1 Å². The number of carbonyl (C=O) groups excluding carboxylic acids is 1. The molecule has 3 N–H and O–H groups in total. The van der Waals surface area contributed by atoms with Crippen LogP contribution >= 0.6 is 0 Å². The van der Waals surface area contributed by atoms with Crippen molar-refractivity contribution in [3.8, 4) is 0 Å². The zero-order chi connectivity index (χ0) is 14.8. The van der Waals surface area contributed by atoms with E-state index in [1.165, 1.54) is 0 Å². The Morgan fingerprint density at radius 2 is 1.95 bits per heavy atom. The van der Waals surface area contributed by atoms with Crippen LogP contribution in [0.3, 0.4) is 0 Å². The van der Waals surface area contributed by atoms with Gasteiger partial charge in [-0.3, -0.25) is 4.79 Å². The first-order chi connectivity index (χ1) is 10.1. The minimum Gasteiger partial charge on any atom is -0.399 e. The summed E-state index contributed by atoms with van der Waals surface area (Å²) in [5, 5.41) is 0.861. The fraction of sp³-hybridized carbons (Fsp3) is 0.118. The summed E-state index contributed by atoms with van der Waals surface area (Å²) in [7, 11) is 1.81. The van der Waals surface area contributed by atoms with E-state index < -0.39 is 0 Å². The van der Waals surface area contributed by atoms with Gasteiger partial charge < -0.3 is 15.6 Å².